The normalized spacial score (nSPS) is 12.1. The molecule has 25 heavy (non-hydrogen) atoms. The first-order chi connectivity index (χ1) is 12.1. The van der Waals surface area contributed by atoms with Gasteiger partial charge in [-0.25, -0.2) is 4.68 Å². The minimum atomic E-state index is -0.226. The standard InChI is InChI=1S/C20H21N3O2/c1-14(13-21-15(2)24)23-20(25)18-11-7-6-10-17(18)19(22-23)12-16-8-4-3-5-9-16/h3-11,14H,12-13H2,1-2H3,(H,21,24). The van der Waals surface area contributed by atoms with Crippen LogP contribution in [0, 0.1) is 0 Å². The van der Waals surface area contributed by atoms with Crippen LogP contribution in [0.1, 0.15) is 31.1 Å². The second kappa shape index (κ2) is 7.30. The van der Waals surface area contributed by atoms with Gasteiger partial charge in [-0.15, -0.1) is 0 Å². The van der Waals surface area contributed by atoms with Crippen LogP contribution in [0.25, 0.3) is 10.8 Å². The molecule has 0 bridgehead atoms. The van der Waals surface area contributed by atoms with Crippen LogP contribution < -0.4 is 10.9 Å². The van der Waals surface area contributed by atoms with Crippen LogP contribution in [0.4, 0.5) is 0 Å². The highest BCUT2D eigenvalue weighted by molar-refractivity contribution is 5.83. The van der Waals surface area contributed by atoms with Crippen LogP contribution in [0.15, 0.2) is 59.4 Å². The Hall–Kier alpha value is -2.95. The van der Waals surface area contributed by atoms with E-state index in [1.165, 1.54) is 11.6 Å². The van der Waals surface area contributed by atoms with Crippen LogP contribution in [0.5, 0.6) is 0 Å². The molecule has 0 radical (unpaired) electrons. The highest BCUT2D eigenvalue weighted by atomic mass is 16.1. The minimum absolute atomic E-state index is 0.120. The summed E-state index contributed by atoms with van der Waals surface area (Å²) < 4.78 is 1.48. The van der Waals surface area contributed by atoms with Gasteiger partial charge >= 0.3 is 0 Å². The molecule has 3 rings (SSSR count). The Morgan fingerprint density at radius 1 is 1.08 bits per heavy atom. The molecule has 0 saturated heterocycles. The lowest BCUT2D eigenvalue weighted by Gasteiger charge is -2.17. The van der Waals surface area contributed by atoms with Gasteiger partial charge in [-0.2, -0.15) is 5.10 Å². The zero-order valence-corrected chi connectivity index (χ0v) is 14.4. The maximum absolute atomic E-state index is 12.8. The first kappa shape index (κ1) is 16.9. The van der Waals surface area contributed by atoms with Crippen molar-refractivity contribution in [2.75, 3.05) is 6.54 Å². The summed E-state index contributed by atoms with van der Waals surface area (Å²) in [6.07, 6.45) is 0.647. The van der Waals surface area contributed by atoms with Crippen molar-refractivity contribution in [3.05, 3.63) is 76.2 Å². The zero-order valence-electron chi connectivity index (χ0n) is 14.4. The van der Waals surface area contributed by atoms with Crippen LogP contribution >= 0.6 is 0 Å². The Balaban J connectivity index is 2.07. The molecule has 1 unspecified atom stereocenters. The van der Waals surface area contributed by atoms with Crippen molar-refractivity contribution in [3.63, 3.8) is 0 Å². The molecule has 128 valence electrons. The second-order valence-corrected chi connectivity index (χ2v) is 6.19. The lowest BCUT2D eigenvalue weighted by Crippen LogP contribution is -2.34. The number of fused-ring (bicyclic) bond motifs is 1. The molecule has 0 saturated carbocycles. The molecule has 0 fully saturated rings. The van der Waals surface area contributed by atoms with Crippen LogP contribution in [-0.2, 0) is 11.2 Å². The summed E-state index contributed by atoms with van der Waals surface area (Å²) >= 11 is 0. The topological polar surface area (TPSA) is 64.0 Å². The van der Waals surface area contributed by atoms with Crippen LogP contribution in [0.2, 0.25) is 0 Å². The van der Waals surface area contributed by atoms with Gasteiger partial charge in [0.15, 0.2) is 0 Å². The maximum Gasteiger partial charge on any atom is 0.274 e. The van der Waals surface area contributed by atoms with Gasteiger partial charge in [0, 0.05) is 25.3 Å². The summed E-state index contributed by atoms with van der Waals surface area (Å²) in [4.78, 5) is 24.0. The first-order valence-corrected chi connectivity index (χ1v) is 8.35. The van der Waals surface area contributed by atoms with E-state index in [1.54, 1.807) is 0 Å². The van der Waals surface area contributed by atoms with E-state index in [4.69, 9.17) is 0 Å². The third kappa shape index (κ3) is 3.76. The number of benzene rings is 2. The fourth-order valence-electron chi connectivity index (χ4n) is 2.87. The highest BCUT2D eigenvalue weighted by Crippen LogP contribution is 2.18. The van der Waals surface area contributed by atoms with E-state index in [2.05, 4.69) is 10.4 Å². The Morgan fingerprint density at radius 3 is 2.40 bits per heavy atom. The summed E-state index contributed by atoms with van der Waals surface area (Å²) in [5.74, 6) is -0.120. The van der Waals surface area contributed by atoms with Gasteiger partial charge in [0.2, 0.25) is 5.91 Å². The van der Waals surface area contributed by atoms with Gasteiger partial charge in [0.05, 0.1) is 17.1 Å². The van der Waals surface area contributed by atoms with Crippen LogP contribution in [-0.4, -0.2) is 22.2 Å². The smallest absolute Gasteiger partial charge is 0.274 e. The van der Waals surface area contributed by atoms with Crippen molar-refractivity contribution in [1.29, 1.82) is 0 Å². The number of amides is 1. The van der Waals surface area contributed by atoms with Gasteiger partial charge in [0.25, 0.3) is 5.56 Å². The molecule has 1 aromatic heterocycles. The predicted molar refractivity (Wildman–Crippen MR) is 98.6 cm³/mol. The molecule has 1 atom stereocenters. The number of carbonyl (C=O) groups is 1. The summed E-state index contributed by atoms with van der Waals surface area (Å²) in [6.45, 7) is 3.71. The van der Waals surface area contributed by atoms with Crippen molar-refractivity contribution in [2.45, 2.75) is 26.3 Å². The SMILES string of the molecule is CC(=O)NCC(C)n1nc(Cc2ccccc2)c2ccccc2c1=O. The van der Waals surface area contributed by atoms with Crippen molar-refractivity contribution in [1.82, 2.24) is 15.1 Å². The molecular formula is C20H21N3O2. The molecule has 0 spiro atoms. The van der Waals surface area contributed by atoms with E-state index < -0.39 is 0 Å². The fraction of sp³-hybridized carbons (Fsp3) is 0.250. The highest BCUT2D eigenvalue weighted by Gasteiger charge is 2.15. The molecule has 5 nitrogen and oxygen atoms in total. The lowest BCUT2D eigenvalue weighted by molar-refractivity contribution is -0.119. The fourth-order valence-corrected chi connectivity index (χ4v) is 2.87. The molecule has 1 N–H and O–H groups in total. The average molecular weight is 335 g/mol. The monoisotopic (exact) mass is 335 g/mol. The molecule has 1 amide bonds. The van der Waals surface area contributed by atoms with Gasteiger partial charge in [-0.05, 0) is 18.6 Å². The number of rotatable bonds is 5. The predicted octanol–water partition coefficient (Wildman–Crippen LogP) is 2.68. The third-order valence-corrected chi connectivity index (χ3v) is 4.18. The summed E-state index contributed by atoms with van der Waals surface area (Å²) in [7, 11) is 0. The summed E-state index contributed by atoms with van der Waals surface area (Å²) in [6, 6.07) is 17.4. The molecule has 3 aromatic rings. The molecule has 0 aliphatic carbocycles. The number of nitrogens with one attached hydrogen (secondary N) is 1. The van der Waals surface area contributed by atoms with Crippen LogP contribution in [0.3, 0.4) is 0 Å². The van der Waals surface area contributed by atoms with Crippen molar-refractivity contribution in [3.8, 4) is 0 Å². The van der Waals surface area contributed by atoms with Gasteiger partial charge in [-0.1, -0.05) is 48.5 Å². The number of hydrogen-bond donors (Lipinski definition) is 1. The first-order valence-electron chi connectivity index (χ1n) is 8.35. The van der Waals surface area contributed by atoms with Crippen molar-refractivity contribution >= 4 is 16.7 Å². The van der Waals surface area contributed by atoms with E-state index in [1.807, 2.05) is 61.5 Å². The summed E-state index contributed by atoms with van der Waals surface area (Å²) in [5.41, 5.74) is 1.86. The van der Waals surface area contributed by atoms with Gasteiger partial charge in [0.1, 0.15) is 0 Å². The van der Waals surface area contributed by atoms with E-state index in [9.17, 15) is 9.59 Å². The van der Waals surface area contributed by atoms with Gasteiger partial charge in [-0.3, -0.25) is 9.59 Å². The average Bonchev–Trinajstić information content (AvgIpc) is 2.63. The van der Waals surface area contributed by atoms with Gasteiger partial charge < -0.3 is 5.32 Å². The molecule has 0 aliphatic rings. The zero-order chi connectivity index (χ0) is 17.8. The molecule has 5 heteroatoms. The molecule has 0 aliphatic heterocycles. The molecule has 2 aromatic carbocycles. The van der Waals surface area contributed by atoms with E-state index in [-0.39, 0.29) is 17.5 Å². The number of carbonyl (C=O) groups excluding carboxylic acids is 1. The number of hydrogen-bond acceptors (Lipinski definition) is 3. The quantitative estimate of drug-likeness (QED) is 0.780. The number of nitrogens with zero attached hydrogens (tertiary/aromatic N) is 2. The minimum Gasteiger partial charge on any atom is -0.354 e. The second-order valence-electron chi connectivity index (χ2n) is 6.19. The number of aromatic nitrogens is 2. The summed E-state index contributed by atoms with van der Waals surface area (Å²) in [5, 5.41) is 8.90. The largest absolute Gasteiger partial charge is 0.354 e. The Labute approximate surface area is 146 Å². The maximum atomic E-state index is 12.8. The van der Waals surface area contributed by atoms with E-state index >= 15 is 0 Å². The lowest BCUT2D eigenvalue weighted by atomic mass is 10.0. The molecule has 1 heterocycles. The Morgan fingerprint density at radius 2 is 1.72 bits per heavy atom. The Bertz CT molecular complexity index is 948. The van der Waals surface area contributed by atoms with Crippen molar-refractivity contribution < 1.29 is 4.79 Å². The van der Waals surface area contributed by atoms with E-state index in [0.717, 1.165) is 16.6 Å². The Kier molecular flexibility index (Phi) is 4.93. The third-order valence-electron chi connectivity index (χ3n) is 4.18. The van der Waals surface area contributed by atoms with Crippen molar-refractivity contribution in [2.24, 2.45) is 0 Å². The van der Waals surface area contributed by atoms with E-state index in [0.29, 0.717) is 18.4 Å². The molecular weight excluding hydrogens is 314 g/mol.